The first kappa shape index (κ1) is 20.7. The molecular formula is C19H19F2NO4S. The molecule has 2 rings (SSSR count). The molecule has 2 aromatic rings. The van der Waals surface area contributed by atoms with Gasteiger partial charge in [-0.3, -0.25) is 9.59 Å². The Labute approximate surface area is 160 Å². The zero-order valence-corrected chi connectivity index (χ0v) is 15.6. The average molecular weight is 395 g/mol. The molecule has 0 heterocycles. The summed E-state index contributed by atoms with van der Waals surface area (Å²) in [6, 6.07) is 9.67. The van der Waals surface area contributed by atoms with Gasteiger partial charge in [-0.2, -0.15) is 0 Å². The van der Waals surface area contributed by atoms with Crippen molar-refractivity contribution >= 4 is 29.3 Å². The molecule has 0 bridgehead atoms. The van der Waals surface area contributed by atoms with Crippen molar-refractivity contribution in [2.75, 3.05) is 18.2 Å². The van der Waals surface area contributed by atoms with Gasteiger partial charge in [0.05, 0.1) is 12.9 Å². The smallest absolute Gasteiger partial charge is 0.319 e. The van der Waals surface area contributed by atoms with Crippen molar-refractivity contribution in [3.05, 3.63) is 59.7 Å². The van der Waals surface area contributed by atoms with Crippen LogP contribution in [0.25, 0.3) is 0 Å². The lowest BCUT2D eigenvalue weighted by Gasteiger charge is -2.12. The Bertz CT molecular complexity index is 799. The average Bonchev–Trinajstić information content (AvgIpc) is 2.66. The zero-order chi connectivity index (χ0) is 19.8. The molecule has 0 aliphatic heterocycles. The molecule has 1 atom stereocenters. The van der Waals surface area contributed by atoms with Gasteiger partial charge < -0.3 is 14.8 Å². The third-order valence-electron chi connectivity index (χ3n) is 3.52. The van der Waals surface area contributed by atoms with E-state index in [4.69, 9.17) is 9.47 Å². The number of esters is 1. The van der Waals surface area contributed by atoms with Gasteiger partial charge in [0.15, 0.2) is 11.6 Å². The third-order valence-corrected chi connectivity index (χ3v) is 4.64. The Morgan fingerprint density at radius 2 is 1.85 bits per heavy atom. The van der Waals surface area contributed by atoms with Gasteiger partial charge in [-0.1, -0.05) is 6.07 Å². The molecule has 1 N–H and O–H groups in total. The van der Waals surface area contributed by atoms with Crippen molar-refractivity contribution < 1.29 is 27.8 Å². The number of methoxy groups -OCH3 is 1. The summed E-state index contributed by atoms with van der Waals surface area (Å²) in [7, 11) is 1.36. The number of hydrogen-bond acceptors (Lipinski definition) is 5. The highest BCUT2D eigenvalue weighted by molar-refractivity contribution is 8.01. The highest BCUT2D eigenvalue weighted by Gasteiger charge is 2.17. The maximum absolute atomic E-state index is 13.6. The number of carbonyl (C=O) groups is 2. The van der Waals surface area contributed by atoms with Crippen LogP contribution in [-0.4, -0.2) is 30.0 Å². The van der Waals surface area contributed by atoms with Crippen molar-refractivity contribution in [2.45, 2.75) is 18.8 Å². The Hall–Kier alpha value is -2.61. The Morgan fingerprint density at radius 1 is 1.15 bits per heavy atom. The quantitative estimate of drug-likeness (QED) is 0.689. The number of carbonyl (C=O) groups excluding carboxylic acids is 2. The lowest BCUT2D eigenvalue weighted by Crippen LogP contribution is -2.21. The number of halogens is 2. The minimum atomic E-state index is -0.577. The summed E-state index contributed by atoms with van der Waals surface area (Å²) in [5.74, 6) is -1.61. The topological polar surface area (TPSA) is 64.6 Å². The molecule has 0 unspecified atom stereocenters. The highest BCUT2D eigenvalue weighted by Crippen LogP contribution is 2.19. The van der Waals surface area contributed by atoms with Crippen LogP contribution < -0.4 is 10.1 Å². The van der Waals surface area contributed by atoms with Gasteiger partial charge in [-0.25, -0.2) is 8.78 Å². The van der Waals surface area contributed by atoms with Crippen molar-refractivity contribution in [1.29, 1.82) is 0 Å². The van der Waals surface area contributed by atoms with E-state index in [9.17, 15) is 18.4 Å². The molecule has 1 amide bonds. The van der Waals surface area contributed by atoms with Crippen LogP contribution in [0.5, 0.6) is 5.75 Å². The molecule has 5 nitrogen and oxygen atoms in total. The predicted octanol–water partition coefficient (Wildman–Crippen LogP) is 3.78. The van der Waals surface area contributed by atoms with Crippen molar-refractivity contribution in [1.82, 2.24) is 0 Å². The molecule has 0 spiro atoms. The van der Waals surface area contributed by atoms with E-state index in [-0.39, 0.29) is 24.0 Å². The fraction of sp³-hybridized carbons (Fsp3) is 0.263. The molecule has 0 aliphatic rings. The van der Waals surface area contributed by atoms with Crippen LogP contribution in [0, 0.1) is 11.6 Å². The lowest BCUT2D eigenvalue weighted by atomic mass is 10.2. The van der Waals surface area contributed by atoms with Gasteiger partial charge in [-0.05, 0) is 48.9 Å². The summed E-state index contributed by atoms with van der Waals surface area (Å²) >= 11 is 1.10. The molecule has 144 valence electrons. The number of rotatable bonds is 8. The molecule has 8 heteroatoms. The van der Waals surface area contributed by atoms with Gasteiger partial charge in [0.2, 0.25) is 5.91 Å². The maximum Gasteiger partial charge on any atom is 0.319 e. The summed E-state index contributed by atoms with van der Waals surface area (Å²) in [5.41, 5.74) is 0.965. The Morgan fingerprint density at radius 3 is 2.48 bits per heavy atom. The normalized spacial score (nSPS) is 11.6. The number of anilines is 1. The van der Waals surface area contributed by atoms with E-state index in [1.807, 2.05) is 0 Å². The minimum absolute atomic E-state index is 0.0325. The molecular weight excluding hydrogens is 376 g/mol. The molecule has 0 radical (unpaired) electrons. The predicted molar refractivity (Wildman–Crippen MR) is 99.7 cm³/mol. The van der Waals surface area contributed by atoms with Crippen LogP contribution in [0.15, 0.2) is 42.5 Å². The Kier molecular flexibility index (Phi) is 7.60. The van der Waals surface area contributed by atoms with Gasteiger partial charge in [-0.15, -0.1) is 11.8 Å². The first-order valence-corrected chi connectivity index (χ1v) is 9.10. The second-order valence-corrected chi connectivity index (χ2v) is 6.91. The molecule has 27 heavy (non-hydrogen) atoms. The molecule has 0 fully saturated rings. The third kappa shape index (κ3) is 6.56. The van der Waals surface area contributed by atoms with Gasteiger partial charge in [0.25, 0.3) is 0 Å². The summed E-state index contributed by atoms with van der Waals surface area (Å²) in [6.07, 6.45) is 0. The monoisotopic (exact) mass is 395 g/mol. The van der Waals surface area contributed by atoms with Crippen LogP contribution in [0.3, 0.4) is 0 Å². The van der Waals surface area contributed by atoms with Crippen LogP contribution in [0.2, 0.25) is 0 Å². The Balaban J connectivity index is 1.75. The lowest BCUT2D eigenvalue weighted by molar-refractivity contribution is -0.143. The highest BCUT2D eigenvalue weighted by atomic mass is 32.2. The van der Waals surface area contributed by atoms with Crippen LogP contribution in [-0.2, 0) is 20.9 Å². The van der Waals surface area contributed by atoms with E-state index in [0.29, 0.717) is 11.3 Å². The van der Waals surface area contributed by atoms with E-state index in [2.05, 4.69) is 5.32 Å². The molecule has 0 saturated heterocycles. The van der Waals surface area contributed by atoms with Crippen LogP contribution in [0.1, 0.15) is 12.5 Å². The molecule has 2 aromatic carbocycles. The number of amides is 1. The van der Waals surface area contributed by atoms with Crippen molar-refractivity contribution in [3.8, 4) is 5.75 Å². The van der Waals surface area contributed by atoms with Gasteiger partial charge >= 0.3 is 5.97 Å². The standard InChI is InChI=1S/C19H19F2NO4S/c1-12(27-11-18(23)22-15-6-4-14(20)5-7-15)19(24)26-10-13-3-8-17(25-2)16(21)9-13/h3-9,12H,10-11H2,1-2H3,(H,22,23)/t12-/m1/s1. The van der Waals surface area contributed by atoms with Gasteiger partial charge in [0, 0.05) is 5.69 Å². The number of ether oxygens (including phenoxy) is 2. The van der Waals surface area contributed by atoms with E-state index in [1.165, 1.54) is 43.5 Å². The second-order valence-electron chi connectivity index (χ2n) is 5.58. The fourth-order valence-electron chi connectivity index (χ4n) is 2.07. The molecule has 0 aromatic heterocycles. The van der Waals surface area contributed by atoms with Crippen molar-refractivity contribution in [2.24, 2.45) is 0 Å². The second kappa shape index (κ2) is 9.91. The summed E-state index contributed by atoms with van der Waals surface area (Å²) < 4.78 is 36.4. The summed E-state index contributed by atoms with van der Waals surface area (Å²) in [6.45, 7) is 1.54. The molecule has 0 aliphatic carbocycles. The van der Waals surface area contributed by atoms with E-state index in [0.717, 1.165) is 11.8 Å². The number of thioether (sulfide) groups is 1. The van der Waals surface area contributed by atoms with E-state index >= 15 is 0 Å². The number of hydrogen-bond donors (Lipinski definition) is 1. The number of benzene rings is 2. The summed E-state index contributed by atoms with van der Waals surface area (Å²) in [4.78, 5) is 23.9. The fourth-order valence-corrected chi connectivity index (χ4v) is 2.75. The SMILES string of the molecule is COc1ccc(COC(=O)[C@@H](C)SCC(=O)Nc2ccc(F)cc2)cc1F. The van der Waals surface area contributed by atoms with E-state index < -0.39 is 22.9 Å². The first-order chi connectivity index (χ1) is 12.9. The first-order valence-electron chi connectivity index (χ1n) is 8.05. The van der Waals surface area contributed by atoms with E-state index in [1.54, 1.807) is 13.0 Å². The summed E-state index contributed by atoms with van der Waals surface area (Å²) in [5, 5.41) is 2.03. The van der Waals surface area contributed by atoms with Crippen molar-refractivity contribution in [3.63, 3.8) is 0 Å². The molecule has 0 saturated carbocycles. The zero-order valence-electron chi connectivity index (χ0n) is 14.8. The maximum atomic E-state index is 13.6. The van der Waals surface area contributed by atoms with Crippen LogP contribution >= 0.6 is 11.8 Å². The van der Waals surface area contributed by atoms with Gasteiger partial charge in [0.1, 0.15) is 17.7 Å². The largest absolute Gasteiger partial charge is 0.494 e. The minimum Gasteiger partial charge on any atom is -0.494 e. The van der Waals surface area contributed by atoms with Crippen LogP contribution in [0.4, 0.5) is 14.5 Å². The number of nitrogens with one attached hydrogen (secondary N) is 1.